The van der Waals surface area contributed by atoms with Gasteiger partial charge in [-0.1, -0.05) is 70.2 Å². The van der Waals surface area contributed by atoms with Crippen LogP contribution in [0.15, 0.2) is 42.5 Å². The van der Waals surface area contributed by atoms with E-state index in [0.717, 1.165) is 49.0 Å². The number of ether oxygens (including phenoxy) is 2. The van der Waals surface area contributed by atoms with Crippen molar-refractivity contribution in [2.24, 2.45) is 0 Å². The number of rotatable bonds is 16. The standard InChI is InChI=1S/C34H50O4/c1-8-33(36,9-2)22-21-28-17-18-29(24-26(28)6)34(10-3,11-4)30-19-20-31(27(7)25-30)38-23-15-13-14-16-32(35)37-12-5/h17-22,24-25,36H,8-16,23H2,1-7H3. The summed E-state index contributed by atoms with van der Waals surface area (Å²) in [6, 6.07) is 13.4. The Hall–Kier alpha value is -2.59. The van der Waals surface area contributed by atoms with Crippen LogP contribution in [0.3, 0.4) is 0 Å². The van der Waals surface area contributed by atoms with E-state index in [1.807, 2.05) is 26.8 Å². The van der Waals surface area contributed by atoms with Gasteiger partial charge in [0, 0.05) is 11.8 Å². The minimum absolute atomic E-state index is 0.0725. The maximum Gasteiger partial charge on any atom is 0.305 e. The van der Waals surface area contributed by atoms with Gasteiger partial charge in [0.1, 0.15) is 5.75 Å². The molecule has 0 unspecified atom stereocenters. The fraction of sp³-hybridized carbons (Fsp3) is 0.559. The molecule has 4 heteroatoms. The van der Waals surface area contributed by atoms with E-state index in [-0.39, 0.29) is 11.4 Å². The van der Waals surface area contributed by atoms with Crippen molar-refractivity contribution < 1.29 is 19.4 Å². The first kappa shape index (κ1) is 31.6. The largest absolute Gasteiger partial charge is 0.493 e. The molecule has 0 heterocycles. The second-order valence-corrected chi connectivity index (χ2v) is 10.4. The van der Waals surface area contributed by atoms with E-state index in [9.17, 15) is 9.90 Å². The Labute approximate surface area is 231 Å². The molecule has 0 bridgehead atoms. The van der Waals surface area contributed by atoms with Gasteiger partial charge in [-0.2, -0.15) is 0 Å². The van der Waals surface area contributed by atoms with Gasteiger partial charge in [-0.25, -0.2) is 0 Å². The van der Waals surface area contributed by atoms with Crippen LogP contribution in [0.2, 0.25) is 0 Å². The zero-order chi connectivity index (χ0) is 28.2. The summed E-state index contributed by atoms with van der Waals surface area (Å²) in [5.74, 6) is 0.813. The highest BCUT2D eigenvalue weighted by Crippen LogP contribution is 2.41. The van der Waals surface area contributed by atoms with E-state index in [0.29, 0.717) is 32.5 Å². The number of benzene rings is 2. The summed E-state index contributed by atoms with van der Waals surface area (Å²) in [6.45, 7) is 15.8. The van der Waals surface area contributed by atoms with Crippen molar-refractivity contribution in [3.05, 3.63) is 70.3 Å². The minimum Gasteiger partial charge on any atom is -0.493 e. The lowest BCUT2D eigenvalue weighted by Crippen LogP contribution is -2.26. The van der Waals surface area contributed by atoms with Crippen molar-refractivity contribution in [2.75, 3.05) is 13.2 Å². The molecule has 38 heavy (non-hydrogen) atoms. The Morgan fingerprint density at radius 1 is 0.842 bits per heavy atom. The summed E-state index contributed by atoms with van der Waals surface area (Å²) in [5.41, 5.74) is 5.35. The topological polar surface area (TPSA) is 55.8 Å². The summed E-state index contributed by atoms with van der Waals surface area (Å²) in [5, 5.41) is 10.7. The Kier molecular flexibility index (Phi) is 12.6. The third kappa shape index (κ3) is 8.20. The van der Waals surface area contributed by atoms with Crippen molar-refractivity contribution in [3.63, 3.8) is 0 Å². The molecule has 210 valence electrons. The molecular formula is C34H50O4. The van der Waals surface area contributed by atoms with Gasteiger partial charge in [-0.15, -0.1) is 0 Å². The van der Waals surface area contributed by atoms with Crippen LogP contribution in [0.1, 0.15) is 114 Å². The van der Waals surface area contributed by atoms with Crippen molar-refractivity contribution >= 4 is 12.0 Å². The van der Waals surface area contributed by atoms with Gasteiger partial charge in [0.2, 0.25) is 0 Å². The molecule has 0 saturated carbocycles. The first-order valence-electron chi connectivity index (χ1n) is 14.6. The first-order valence-corrected chi connectivity index (χ1v) is 14.6. The molecule has 1 N–H and O–H groups in total. The third-order valence-corrected chi connectivity index (χ3v) is 8.14. The van der Waals surface area contributed by atoms with Crippen LogP contribution in [0.4, 0.5) is 0 Å². The van der Waals surface area contributed by atoms with Crippen molar-refractivity contribution in [2.45, 2.75) is 111 Å². The van der Waals surface area contributed by atoms with Gasteiger partial charge in [0.05, 0.1) is 18.8 Å². The van der Waals surface area contributed by atoms with Crippen molar-refractivity contribution in [1.29, 1.82) is 0 Å². The molecule has 4 nitrogen and oxygen atoms in total. The van der Waals surface area contributed by atoms with E-state index < -0.39 is 5.60 Å². The molecule has 2 rings (SSSR count). The molecule has 0 fully saturated rings. The van der Waals surface area contributed by atoms with E-state index in [2.05, 4.69) is 70.2 Å². The van der Waals surface area contributed by atoms with Crippen LogP contribution in [-0.2, 0) is 14.9 Å². The Morgan fingerprint density at radius 2 is 1.47 bits per heavy atom. The summed E-state index contributed by atoms with van der Waals surface area (Å²) in [4.78, 5) is 11.5. The molecule has 2 aromatic carbocycles. The maximum absolute atomic E-state index is 11.5. The first-order chi connectivity index (χ1) is 18.2. The van der Waals surface area contributed by atoms with E-state index in [1.54, 1.807) is 0 Å². The molecule has 0 amide bonds. The van der Waals surface area contributed by atoms with Gasteiger partial charge in [-0.05, 0) is 99.6 Å². The number of hydrogen-bond donors (Lipinski definition) is 1. The van der Waals surface area contributed by atoms with Crippen LogP contribution in [-0.4, -0.2) is 29.9 Å². The lowest BCUT2D eigenvalue weighted by Gasteiger charge is -2.34. The van der Waals surface area contributed by atoms with Gasteiger partial charge in [0.25, 0.3) is 0 Å². The number of carbonyl (C=O) groups excluding carboxylic acids is 1. The molecule has 0 aliphatic rings. The van der Waals surface area contributed by atoms with Crippen molar-refractivity contribution in [1.82, 2.24) is 0 Å². The number of carbonyl (C=O) groups is 1. The molecule has 0 radical (unpaired) electrons. The molecule has 0 saturated heterocycles. The number of aryl methyl sites for hydroxylation is 2. The van der Waals surface area contributed by atoms with Crippen LogP contribution < -0.4 is 4.74 Å². The summed E-state index contributed by atoms with van der Waals surface area (Å²) < 4.78 is 11.1. The van der Waals surface area contributed by atoms with Crippen LogP contribution in [0.5, 0.6) is 5.75 Å². The highest BCUT2D eigenvalue weighted by molar-refractivity contribution is 5.69. The lowest BCUT2D eigenvalue weighted by molar-refractivity contribution is -0.143. The summed E-state index contributed by atoms with van der Waals surface area (Å²) in [6.07, 6.45) is 10.6. The number of unbranched alkanes of at least 4 members (excludes halogenated alkanes) is 2. The van der Waals surface area contributed by atoms with Gasteiger partial charge in [0.15, 0.2) is 0 Å². The molecule has 0 aliphatic heterocycles. The summed E-state index contributed by atoms with van der Waals surface area (Å²) in [7, 11) is 0. The zero-order valence-corrected chi connectivity index (χ0v) is 24.9. The van der Waals surface area contributed by atoms with Crippen LogP contribution in [0.25, 0.3) is 6.08 Å². The van der Waals surface area contributed by atoms with Gasteiger partial charge >= 0.3 is 5.97 Å². The minimum atomic E-state index is -0.744. The third-order valence-electron chi connectivity index (χ3n) is 8.14. The van der Waals surface area contributed by atoms with E-state index in [4.69, 9.17) is 9.47 Å². The maximum atomic E-state index is 11.5. The molecule has 0 atom stereocenters. The van der Waals surface area contributed by atoms with Gasteiger partial charge in [-0.3, -0.25) is 4.79 Å². The fourth-order valence-electron chi connectivity index (χ4n) is 5.20. The highest BCUT2D eigenvalue weighted by Gasteiger charge is 2.31. The predicted octanol–water partition coefficient (Wildman–Crippen LogP) is 8.48. The molecule has 2 aromatic rings. The van der Waals surface area contributed by atoms with Crippen LogP contribution in [0, 0.1) is 13.8 Å². The molecule has 0 spiro atoms. The second-order valence-electron chi connectivity index (χ2n) is 10.4. The van der Waals surface area contributed by atoms with Crippen molar-refractivity contribution in [3.8, 4) is 5.75 Å². The number of aliphatic hydroxyl groups is 1. The van der Waals surface area contributed by atoms with E-state index >= 15 is 0 Å². The second kappa shape index (κ2) is 15.1. The SMILES string of the molecule is CCOC(=O)CCCCCOc1ccc(C(CC)(CC)c2ccc(C=CC(O)(CC)CC)c(C)c2)cc1C. The Balaban J connectivity index is 2.15. The lowest BCUT2D eigenvalue weighted by atomic mass is 9.70. The summed E-state index contributed by atoms with van der Waals surface area (Å²) >= 11 is 0. The van der Waals surface area contributed by atoms with Crippen LogP contribution >= 0.6 is 0 Å². The molecule has 0 aliphatic carbocycles. The molecule has 0 aromatic heterocycles. The fourth-order valence-corrected chi connectivity index (χ4v) is 5.20. The Bertz CT molecular complexity index is 1040. The normalized spacial score (nSPS) is 12.2. The number of esters is 1. The monoisotopic (exact) mass is 522 g/mol. The number of hydrogen-bond acceptors (Lipinski definition) is 4. The average Bonchev–Trinajstić information content (AvgIpc) is 2.92. The zero-order valence-electron chi connectivity index (χ0n) is 24.9. The Morgan fingerprint density at radius 3 is 2.03 bits per heavy atom. The highest BCUT2D eigenvalue weighted by atomic mass is 16.5. The average molecular weight is 523 g/mol. The molecular weight excluding hydrogens is 472 g/mol. The predicted molar refractivity (Wildman–Crippen MR) is 159 cm³/mol. The van der Waals surface area contributed by atoms with Gasteiger partial charge < -0.3 is 14.6 Å². The quantitative estimate of drug-likeness (QED) is 0.177. The smallest absolute Gasteiger partial charge is 0.305 e. The van der Waals surface area contributed by atoms with E-state index in [1.165, 1.54) is 16.7 Å².